The number of carbonyl (C=O) groups is 2. The number of sulfonamides is 1. The number of hydrogen-bond acceptors (Lipinski definition) is 6. The van der Waals surface area contributed by atoms with Gasteiger partial charge in [0.2, 0.25) is 10.0 Å². The fraction of sp³-hybridized carbons (Fsp3) is 0.400. The van der Waals surface area contributed by atoms with E-state index in [0.717, 1.165) is 11.1 Å². The van der Waals surface area contributed by atoms with Crippen molar-refractivity contribution in [1.29, 1.82) is 0 Å². The fourth-order valence-electron chi connectivity index (χ4n) is 3.19. The molecule has 1 aliphatic rings. The molecule has 0 aliphatic carbocycles. The summed E-state index contributed by atoms with van der Waals surface area (Å²) in [5, 5.41) is 3.87. The standard InChI is InChI=1S/C20H24N2O5S2/c1-15-5-7-17(8-6-15)29(25,26)22-10-3-4-18(22)20(24)27-13-19(23)21(2)12-16-9-11-28-14-16/h5-9,11,14,18H,3-4,10,12-13H2,1-2H3/t18-/m0/s1. The number of esters is 1. The molecule has 2 heterocycles. The second-order valence-electron chi connectivity index (χ2n) is 7.08. The largest absolute Gasteiger partial charge is 0.454 e. The number of amides is 1. The van der Waals surface area contributed by atoms with E-state index in [4.69, 9.17) is 4.74 Å². The average molecular weight is 437 g/mol. The molecule has 156 valence electrons. The molecule has 29 heavy (non-hydrogen) atoms. The predicted molar refractivity (Wildman–Crippen MR) is 110 cm³/mol. The Bertz CT molecular complexity index is 955. The lowest BCUT2D eigenvalue weighted by atomic mass is 10.2. The molecular formula is C20H24N2O5S2. The number of carbonyl (C=O) groups excluding carboxylic acids is 2. The van der Waals surface area contributed by atoms with Crippen LogP contribution < -0.4 is 0 Å². The minimum atomic E-state index is -3.80. The van der Waals surface area contributed by atoms with Gasteiger partial charge in [0.05, 0.1) is 4.90 Å². The Labute approximate surface area is 174 Å². The Morgan fingerprint density at radius 3 is 2.62 bits per heavy atom. The number of ether oxygens (including phenoxy) is 1. The van der Waals surface area contributed by atoms with Gasteiger partial charge in [0, 0.05) is 20.1 Å². The number of hydrogen-bond donors (Lipinski definition) is 0. The Balaban J connectivity index is 1.61. The highest BCUT2D eigenvalue weighted by atomic mass is 32.2. The molecule has 1 atom stereocenters. The first-order chi connectivity index (χ1) is 13.8. The maximum absolute atomic E-state index is 12.9. The topological polar surface area (TPSA) is 84.0 Å². The van der Waals surface area contributed by atoms with Gasteiger partial charge in [0.1, 0.15) is 6.04 Å². The summed E-state index contributed by atoms with van der Waals surface area (Å²) >= 11 is 1.54. The second-order valence-corrected chi connectivity index (χ2v) is 9.75. The SMILES string of the molecule is Cc1ccc(S(=O)(=O)N2CCC[C@H]2C(=O)OCC(=O)N(C)Cc2ccsc2)cc1. The van der Waals surface area contributed by atoms with Crippen LogP contribution in [0.25, 0.3) is 0 Å². The number of aryl methyl sites for hydroxylation is 1. The highest BCUT2D eigenvalue weighted by molar-refractivity contribution is 7.89. The summed E-state index contributed by atoms with van der Waals surface area (Å²) in [5.41, 5.74) is 1.95. The molecule has 0 bridgehead atoms. The number of rotatable bonds is 7. The molecule has 0 unspecified atom stereocenters. The lowest BCUT2D eigenvalue weighted by Crippen LogP contribution is -2.42. The van der Waals surface area contributed by atoms with Gasteiger partial charge in [0.15, 0.2) is 6.61 Å². The van der Waals surface area contributed by atoms with Crippen molar-refractivity contribution in [3.63, 3.8) is 0 Å². The van der Waals surface area contributed by atoms with Crippen LogP contribution in [0.5, 0.6) is 0 Å². The van der Waals surface area contributed by atoms with Gasteiger partial charge in [-0.1, -0.05) is 17.7 Å². The molecule has 1 aromatic heterocycles. The summed E-state index contributed by atoms with van der Waals surface area (Å²) in [6.45, 7) is 2.15. The van der Waals surface area contributed by atoms with E-state index in [-0.39, 0.29) is 17.3 Å². The van der Waals surface area contributed by atoms with Crippen molar-refractivity contribution in [3.8, 4) is 0 Å². The van der Waals surface area contributed by atoms with Gasteiger partial charge >= 0.3 is 5.97 Å². The molecule has 7 nitrogen and oxygen atoms in total. The first-order valence-electron chi connectivity index (χ1n) is 9.29. The van der Waals surface area contributed by atoms with Crippen LogP contribution in [0.1, 0.15) is 24.0 Å². The Kier molecular flexibility index (Phi) is 6.71. The van der Waals surface area contributed by atoms with Crippen LogP contribution >= 0.6 is 11.3 Å². The quantitative estimate of drug-likeness (QED) is 0.623. The van der Waals surface area contributed by atoms with Crippen molar-refractivity contribution in [1.82, 2.24) is 9.21 Å². The molecule has 1 amide bonds. The molecular weight excluding hydrogens is 412 g/mol. The first-order valence-corrected chi connectivity index (χ1v) is 11.7. The predicted octanol–water partition coefficient (Wildman–Crippen LogP) is 2.41. The lowest BCUT2D eigenvalue weighted by molar-refractivity contribution is -0.154. The minimum absolute atomic E-state index is 0.148. The normalized spacial score (nSPS) is 17.2. The number of likely N-dealkylation sites (N-methyl/N-ethyl adjacent to an activating group) is 1. The van der Waals surface area contributed by atoms with E-state index in [1.165, 1.54) is 21.3 Å². The maximum Gasteiger partial charge on any atom is 0.324 e. The van der Waals surface area contributed by atoms with E-state index in [0.29, 0.717) is 19.4 Å². The van der Waals surface area contributed by atoms with E-state index in [1.807, 2.05) is 23.8 Å². The van der Waals surface area contributed by atoms with Gasteiger partial charge in [-0.15, -0.1) is 0 Å². The molecule has 0 radical (unpaired) electrons. The summed E-state index contributed by atoms with van der Waals surface area (Å²) in [6.07, 6.45) is 0.944. The van der Waals surface area contributed by atoms with E-state index in [2.05, 4.69) is 0 Å². The lowest BCUT2D eigenvalue weighted by Gasteiger charge is -2.23. The van der Waals surface area contributed by atoms with Gasteiger partial charge < -0.3 is 9.64 Å². The summed E-state index contributed by atoms with van der Waals surface area (Å²) in [5.74, 6) is -1.02. The van der Waals surface area contributed by atoms with Crippen LogP contribution in [0, 0.1) is 6.92 Å². The molecule has 0 N–H and O–H groups in total. The zero-order chi connectivity index (χ0) is 21.0. The van der Waals surface area contributed by atoms with Gasteiger partial charge in [-0.25, -0.2) is 8.42 Å². The van der Waals surface area contributed by atoms with E-state index >= 15 is 0 Å². The molecule has 3 rings (SSSR count). The van der Waals surface area contributed by atoms with Crippen molar-refractivity contribution in [3.05, 3.63) is 52.2 Å². The fourth-order valence-corrected chi connectivity index (χ4v) is 5.50. The molecule has 0 saturated carbocycles. The smallest absolute Gasteiger partial charge is 0.324 e. The van der Waals surface area contributed by atoms with Crippen molar-refractivity contribution < 1.29 is 22.7 Å². The van der Waals surface area contributed by atoms with Crippen LogP contribution in [0.2, 0.25) is 0 Å². The summed E-state index contributed by atoms with van der Waals surface area (Å²) in [6, 6.07) is 7.53. The highest BCUT2D eigenvalue weighted by Crippen LogP contribution is 2.27. The molecule has 1 fully saturated rings. The first kappa shape index (κ1) is 21.5. The van der Waals surface area contributed by atoms with E-state index in [9.17, 15) is 18.0 Å². The molecule has 0 spiro atoms. The van der Waals surface area contributed by atoms with E-state index in [1.54, 1.807) is 30.5 Å². The van der Waals surface area contributed by atoms with Crippen molar-refractivity contribution in [2.45, 2.75) is 37.2 Å². The molecule has 1 saturated heterocycles. The Morgan fingerprint density at radius 1 is 1.24 bits per heavy atom. The number of nitrogens with zero attached hydrogens (tertiary/aromatic N) is 2. The third kappa shape index (κ3) is 5.04. The van der Waals surface area contributed by atoms with Gasteiger partial charge in [-0.05, 0) is 54.3 Å². The molecule has 1 aliphatic heterocycles. The summed E-state index contributed by atoms with van der Waals surface area (Å²) in [7, 11) is -2.16. The molecule has 1 aromatic carbocycles. The second kappa shape index (κ2) is 9.06. The zero-order valence-corrected chi connectivity index (χ0v) is 18.0. The minimum Gasteiger partial charge on any atom is -0.454 e. The van der Waals surface area contributed by atoms with Crippen LogP contribution in [-0.2, 0) is 30.9 Å². The van der Waals surface area contributed by atoms with Gasteiger partial charge in [-0.2, -0.15) is 15.6 Å². The zero-order valence-electron chi connectivity index (χ0n) is 16.4. The van der Waals surface area contributed by atoms with E-state index < -0.39 is 28.6 Å². The highest BCUT2D eigenvalue weighted by Gasteiger charge is 2.40. The van der Waals surface area contributed by atoms with Crippen LogP contribution in [0.3, 0.4) is 0 Å². The monoisotopic (exact) mass is 436 g/mol. The maximum atomic E-state index is 12.9. The van der Waals surface area contributed by atoms with Crippen molar-refractivity contribution in [2.75, 3.05) is 20.2 Å². The van der Waals surface area contributed by atoms with Crippen molar-refractivity contribution in [2.24, 2.45) is 0 Å². The van der Waals surface area contributed by atoms with Gasteiger partial charge in [-0.3, -0.25) is 9.59 Å². The number of benzene rings is 1. The third-order valence-corrected chi connectivity index (χ3v) is 7.52. The van der Waals surface area contributed by atoms with Crippen LogP contribution in [0.4, 0.5) is 0 Å². The summed E-state index contributed by atoms with van der Waals surface area (Å²) < 4.78 is 32.2. The van der Waals surface area contributed by atoms with Crippen LogP contribution in [-0.4, -0.2) is 55.7 Å². The van der Waals surface area contributed by atoms with Crippen molar-refractivity contribution >= 4 is 33.2 Å². The Hall–Kier alpha value is -2.23. The number of thiophene rings is 1. The molecule has 2 aromatic rings. The summed E-state index contributed by atoms with van der Waals surface area (Å²) in [4.78, 5) is 26.4. The van der Waals surface area contributed by atoms with Crippen LogP contribution in [0.15, 0.2) is 46.0 Å². The average Bonchev–Trinajstić information content (AvgIpc) is 3.38. The van der Waals surface area contributed by atoms with Gasteiger partial charge in [0.25, 0.3) is 5.91 Å². The third-order valence-electron chi connectivity index (χ3n) is 4.87. The Morgan fingerprint density at radius 2 is 1.97 bits per heavy atom. The molecule has 9 heteroatoms.